The van der Waals surface area contributed by atoms with Crippen molar-refractivity contribution in [3.05, 3.63) is 103 Å². The van der Waals surface area contributed by atoms with Crippen LogP contribution in [0.5, 0.6) is 0 Å². The van der Waals surface area contributed by atoms with Crippen molar-refractivity contribution in [2.45, 2.75) is 6.92 Å². The molecule has 30 heavy (non-hydrogen) atoms. The molecule has 2 radical (unpaired) electrons. The van der Waals surface area contributed by atoms with Gasteiger partial charge in [-0.15, -0.1) is 0 Å². The normalized spacial score (nSPS) is 10.3. The summed E-state index contributed by atoms with van der Waals surface area (Å²) in [5.74, 6) is 0. The van der Waals surface area contributed by atoms with Gasteiger partial charge in [0.25, 0.3) is 0 Å². The van der Waals surface area contributed by atoms with Crippen LogP contribution in [0.25, 0.3) is 0 Å². The van der Waals surface area contributed by atoms with Crippen molar-refractivity contribution in [2.75, 3.05) is 17.7 Å². The Morgan fingerprint density at radius 3 is 1.17 bits per heavy atom. The minimum Gasteiger partial charge on any atom is -0.356 e. The van der Waals surface area contributed by atoms with Crippen molar-refractivity contribution >= 4 is 39.8 Å². The van der Waals surface area contributed by atoms with Gasteiger partial charge in [0.05, 0.1) is 17.1 Å². The summed E-state index contributed by atoms with van der Waals surface area (Å²) < 4.78 is 0. The van der Waals surface area contributed by atoms with Crippen LogP contribution in [-0.4, -0.2) is 7.05 Å². The van der Waals surface area contributed by atoms with Crippen LogP contribution in [0.2, 0.25) is 0 Å². The first kappa shape index (κ1) is 19.4. The van der Waals surface area contributed by atoms with E-state index < -0.39 is 0 Å². The largest absolute Gasteiger partial charge is 0.356 e. The second kappa shape index (κ2) is 9.05. The zero-order valence-corrected chi connectivity index (χ0v) is 17.1. The average Bonchev–Trinajstić information content (AvgIpc) is 2.78. The van der Waals surface area contributed by atoms with Gasteiger partial charge in [0.1, 0.15) is 0 Å². The maximum atomic E-state index is 4.70. The van der Waals surface area contributed by atoms with Crippen molar-refractivity contribution in [3.8, 4) is 0 Å². The van der Waals surface area contributed by atoms with E-state index in [1.807, 2.05) is 72.8 Å². The van der Waals surface area contributed by atoms with Crippen LogP contribution in [0.1, 0.15) is 5.56 Å². The van der Waals surface area contributed by atoms with E-state index in [9.17, 15) is 0 Å². The summed E-state index contributed by atoms with van der Waals surface area (Å²) in [4.78, 5) is 0. The molecule has 4 heteroatoms. The topological polar surface area (TPSA) is 52.3 Å². The first-order valence-electron chi connectivity index (χ1n) is 9.90. The van der Waals surface area contributed by atoms with Crippen molar-refractivity contribution in [3.63, 3.8) is 0 Å². The Morgan fingerprint density at radius 1 is 0.467 bits per heavy atom. The molecule has 148 valence electrons. The highest BCUT2D eigenvalue weighted by Crippen LogP contribution is 2.24. The first-order valence-corrected chi connectivity index (χ1v) is 9.90. The van der Waals surface area contributed by atoms with E-state index in [1.54, 1.807) is 7.05 Å². The molecule has 0 aliphatic rings. The molecule has 0 bridgehead atoms. The average molecular weight is 393 g/mol. The summed E-state index contributed by atoms with van der Waals surface area (Å²) in [6.07, 6.45) is 0. The van der Waals surface area contributed by atoms with Crippen LogP contribution >= 0.6 is 0 Å². The van der Waals surface area contributed by atoms with Gasteiger partial charge in [0, 0.05) is 29.8 Å². The maximum Gasteiger partial charge on any atom is 0.0638 e. The van der Waals surface area contributed by atoms with Crippen LogP contribution in [-0.2, 0) is 0 Å². The summed E-state index contributed by atoms with van der Waals surface area (Å²) >= 11 is 0. The molecule has 0 fully saturated rings. The molecule has 0 saturated carbocycles. The molecule has 0 atom stereocenters. The zero-order valence-electron chi connectivity index (χ0n) is 17.1. The van der Waals surface area contributed by atoms with Crippen molar-refractivity contribution in [1.82, 2.24) is 10.6 Å². The zero-order chi connectivity index (χ0) is 20.8. The first-order chi connectivity index (χ1) is 14.7. The fourth-order valence-electron chi connectivity index (χ4n) is 3.05. The second-order valence-electron chi connectivity index (χ2n) is 7.09. The third kappa shape index (κ3) is 5.11. The molecule has 0 amide bonds. The molecule has 0 spiro atoms. The standard InChI is InChI=1S/C26H24N4/c1-19-3-5-21(6-4-19)28-23-11-13-25(14-12-23)30-26-17-15-24(16-18-26)29-22-9-7-20(27-2)8-10-22/h3-18,28-29H,1-2H3. The number of rotatable bonds is 7. The Kier molecular flexibility index (Phi) is 5.85. The van der Waals surface area contributed by atoms with Gasteiger partial charge in [0.2, 0.25) is 0 Å². The molecule has 0 heterocycles. The summed E-state index contributed by atoms with van der Waals surface area (Å²) in [5.41, 5.74) is 8.22. The smallest absolute Gasteiger partial charge is 0.0638 e. The molecule has 0 aliphatic heterocycles. The van der Waals surface area contributed by atoms with E-state index in [-0.39, 0.29) is 0 Å². The van der Waals surface area contributed by atoms with E-state index in [0.717, 1.165) is 39.8 Å². The molecule has 4 aromatic carbocycles. The number of nitrogens with zero attached hydrogens (tertiary/aromatic N) is 2. The maximum absolute atomic E-state index is 4.70. The summed E-state index contributed by atoms with van der Waals surface area (Å²) in [6.45, 7) is 2.09. The fourth-order valence-corrected chi connectivity index (χ4v) is 3.05. The van der Waals surface area contributed by atoms with Gasteiger partial charge < -0.3 is 10.6 Å². The third-order valence-corrected chi connectivity index (χ3v) is 4.75. The minimum absolute atomic E-state index is 0.917. The Balaban J connectivity index is 1.35. The summed E-state index contributed by atoms with van der Waals surface area (Å²) in [7, 11) is 1.79. The van der Waals surface area contributed by atoms with Gasteiger partial charge in [-0.25, -0.2) is 5.32 Å². The highest BCUT2D eigenvalue weighted by Gasteiger charge is 2.01. The van der Waals surface area contributed by atoms with E-state index in [4.69, 9.17) is 5.32 Å². The second-order valence-corrected chi connectivity index (χ2v) is 7.09. The molecule has 0 unspecified atom stereocenters. The van der Waals surface area contributed by atoms with Crippen molar-refractivity contribution < 1.29 is 0 Å². The molecule has 4 nitrogen and oxygen atoms in total. The Bertz CT molecular complexity index is 1070. The van der Waals surface area contributed by atoms with Crippen molar-refractivity contribution in [2.24, 2.45) is 0 Å². The van der Waals surface area contributed by atoms with E-state index in [2.05, 4.69) is 47.1 Å². The molecule has 0 aliphatic carbocycles. The van der Waals surface area contributed by atoms with Gasteiger partial charge in [0.15, 0.2) is 0 Å². The number of hydrogen-bond acceptors (Lipinski definition) is 2. The quantitative estimate of drug-likeness (QED) is 0.359. The lowest BCUT2D eigenvalue weighted by Crippen LogP contribution is -1.93. The molecular weight excluding hydrogens is 368 g/mol. The molecule has 0 aromatic heterocycles. The minimum atomic E-state index is 0.917. The highest BCUT2D eigenvalue weighted by atomic mass is 14.9. The van der Waals surface area contributed by atoms with Gasteiger partial charge in [-0.1, -0.05) is 17.7 Å². The molecule has 2 N–H and O–H groups in total. The van der Waals surface area contributed by atoms with E-state index in [0.29, 0.717) is 0 Å². The van der Waals surface area contributed by atoms with Crippen LogP contribution < -0.4 is 21.3 Å². The molecule has 0 saturated heterocycles. The SMILES string of the molecule is C[N]c1ccc(Nc2ccc([N]c3ccc(Nc4ccc(C)cc4)cc3)cc2)cc1. The Morgan fingerprint density at radius 2 is 0.800 bits per heavy atom. The lowest BCUT2D eigenvalue weighted by Gasteiger charge is -2.10. The van der Waals surface area contributed by atoms with Gasteiger partial charge in [-0.05, 0) is 91.9 Å². The molecular formula is C26H24N4. The summed E-state index contributed by atoms with van der Waals surface area (Å²) in [5, 5.41) is 15.7. The number of aryl methyl sites for hydroxylation is 1. The lowest BCUT2D eigenvalue weighted by molar-refractivity contribution is 1.09. The monoisotopic (exact) mass is 392 g/mol. The predicted octanol–water partition coefficient (Wildman–Crippen LogP) is 6.92. The molecule has 4 rings (SSSR count). The van der Waals surface area contributed by atoms with Crippen LogP contribution in [0.15, 0.2) is 97.1 Å². The summed E-state index contributed by atoms with van der Waals surface area (Å²) in [6, 6.07) is 32.6. The van der Waals surface area contributed by atoms with Crippen LogP contribution in [0.3, 0.4) is 0 Å². The number of benzene rings is 4. The van der Waals surface area contributed by atoms with Gasteiger partial charge in [-0.3, -0.25) is 5.32 Å². The van der Waals surface area contributed by atoms with E-state index in [1.165, 1.54) is 5.56 Å². The number of anilines is 4. The Labute approximate surface area is 178 Å². The lowest BCUT2D eigenvalue weighted by atomic mass is 10.2. The number of hydrogen-bond donors (Lipinski definition) is 2. The van der Waals surface area contributed by atoms with E-state index >= 15 is 0 Å². The highest BCUT2D eigenvalue weighted by molar-refractivity contribution is 5.65. The van der Waals surface area contributed by atoms with Crippen LogP contribution in [0, 0.1) is 6.92 Å². The van der Waals surface area contributed by atoms with Crippen molar-refractivity contribution in [1.29, 1.82) is 0 Å². The number of nitrogens with one attached hydrogen (secondary N) is 2. The Hall–Kier alpha value is -3.92. The fraction of sp³-hybridized carbons (Fsp3) is 0.0769. The third-order valence-electron chi connectivity index (χ3n) is 4.75. The van der Waals surface area contributed by atoms with Gasteiger partial charge in [-0.2, -0.15) is 0 Å². The molecule has 4 aromatic rings. The predicted molar refractivity (Wildman–Crippen MR) is 126 cm³/mol. The van der Waals surface area contributed by atoms with Crippen LogP contribution in [0.4, 0.5) is 39.8 Å². The van der Waals surface area contributed by atoms with Gasteiger partial charge >= 0.3 is 0 Å².